The molecule has 0 saturated heterocycles. The summed E-state index contributed by atoms with van der Waals surface area (Å²) in [5.74, 6) is 1.32. The normalized spacial score (nSPS) is 9.95. The van der Waals surface area contributed by atoms with Crippen LogP contribution in [0.1, 0.15) is 16.7 Å². The van der Waals surface area contributed by atoms with Crippen LogP contribution in [0.25, 0.3) is 0 Å². The minimum atomic E-state index is 0.547. The summed E-state index contributed by atoms with van der Waals surface area (Å²) in [6.45, 7) is 1.96. The molecule has 0 bridgehead atoms. The van der Waals surface area contributed by atoms with E-state index < -0.39 is 0 Å². The van der Waals surface area contributed by atoms with Crippen LogP contribution in [0.3, 0.4) is 0 Å². The summed E-state index contributed by atoms with van der Waals surface area (Å²) >= 11 is 1.54. The maximum Gasteiger partial charge on any atom is 0.187 e. The summed E-state index contributed by atoms with van der Waals surface area (Å²) in [5, 5.41) is 9.76. The Hall–Kier alpha value is -2.06. The zero-order valence-electron chi connectivity index (χ0n) is 10.8. The number of hydrogen-bond acceptors (Lipinski definition) is 5. The van der Waals surface area contributed by atoms with E-state index in [0.29, 0.717) is 11.3 Å². The minimum Gasteiger partial charge on any atom is -0.495 e. The third-order valence-electron chi connectivity index (χ3n) is 2.51. The molecule has 0 spiro atoms. The van der Waals surface area contributed by atoms with Crippen molar-refractivity contribution in [2.75, 3.05) is 7.11 Å². The molecule has 1 aromatic heterocycles. The average Bonchev–Trinajstić information content (AvgIpc) is 2.46. The van der Waals surface area contributed by atoms with E-state index in [-0.39, 0.29) is 0 Å². The summed E-state index contributed by atoms with van der Waals surface area (Å²) in [5.41, 5.74) is 2.64. The van der Waals surface area contributed by atoms with Gasteiger partial charge in [-0.25, -0.2) is 9.97 Å². The number of aryl methyl sites for hydroxylation is 1. The fraction of sp³-hybridized carbons (Fsp3) is 0.214. The maximum absolute atomic E-state index is 9.03. The summed E-state index contributed by atoms with van der Waals surface area (Å²) in [6.07, 6.45) is 3.59. The Labute approximate surface area is 116 Å². The number of thioether (sulfide) groups is 1. The molecule has 0 fully saturated rings. The Morgan fingerprint density at radius 3 is 2.68 bits per heavy atom. The van der Waals surface area contributed by atoms with E-state index in [1.54, 1.807) is 31.3 Å². The van der Waals surface area contributed by atoms with Crippen LogP contribution < -0.4 is 4.74 Å². The molecular weight excluding hydrogens is 258 g/mol. The molecular formula is C14H13N3OS. The molecule has 0 atom stereocenters. The predicted molar refractivity (Wildman–Crippen MR) is 74.0 cm³/mol. The highest BCUT2D eigenvalue weighted by Crippen LogP contribution is 2.23. The smallest absolute Gasteiger partial charge is 0.187 e. The van der Waals surface area contributed by atoms with Gasteiger partial charge < -0.3 is 4.74 Å². The molecule has 0 radical (unpaired) electrons. The quantitative estimate of drug-likeness (QED) is 0.632. The molecule has 96 valence electrons. The van der Waals surface area contributed by atoms with Crippen molar-refractivity contribution in [1.29, 1.82) is 5.26 Å². The van der Waals surface area contributed by atoms with Gasteiger partial charge >= 0.3 is 0 Å². The first-order chi connectivity index (χ1) is 9.22. The minimum absolute atomic E-state index is 0.547. The molecule has 0 aliphatic rings. The average molecular weight is 271 g/mol. The van der Waals surface area contributed by atoms with Crippen molar-refractivity contribution in [3.8, 4) is 11.8 Å². The van der Waals surface area contributed by atoms with Gasteiger partial charge in [0.25, 0.3) is 0 Å². The Balaban J connectivity index is 2.08. The summed E-state index contributed by atoms with van der Waals surface area (Å²) in [4.78, 5) is 8.46. The van der Waals surface area contributed by atoms with Gasteiger partial charge in [0.05, 0.1) is 12.7 Å². The number of rotatable bonds is 4. The molecule has 0 amide bonds. The van der Waals surface area contributed by atoms with Crippen LogP contribution in [0.5, 0.6) is 5.75 Å². The molecule has 2 rings (SSSR count). The van der Waals surface area contributed by atoms with Crippen LogP contribution >= 0.6 is 11.8 Å². The van der Waals surface area contributed by atoms with Crippen molar-refractivity contribution in [3.05, 3.63) is 47.3 Å². The topological polar surface area (TPSA) is 58.8 Å². The second-order valence-electron chi connectivity index (χ2n) is 3.98. The van der Waals surface area contributed by atoms with Crippen molar-refractivity contribution in [2.45, 2.75) is 17.8 Å². The number of methoxy groups -OCH3 is 1. The first kappa shape index (κ1) is 13.4. The first-order valence-electron chi connectivity index (χ1n) is 5.71. The van der Waals surface area contributed by atoms with Crippen LogP contribution in [0.2, 0.25) is 0 Å². The Kier molecular flexibility index (Phi) is 4.37. The third kappa shape index (κ3) is 3.46. The van der Waals surface area contributed by atoms with Crippen LogP contribution in [0.4, 0.5) is 0 Å². The number of nitrogens with zero attached hydrogens (tertiary/aromatic N) is 3. The lowest BCUT2D eigenvalue weighted by Gasteiger charge is -2.05. The molecule has 0 aliphatic heterocycles. The van der Waals surface area contributed by atoms with Gasteiger partial charge in [-0.15, -0.1) is 0 Å². The zero-order valence-corrected chi connectivity index (χ0v) is 11.6. The molecule has 5 heteroatoms. The van der Waals surface area contributed by atoms with Crippen LogP contribution in [-0.4, -0.2) is 17.1 Å². The van der Waals surface area contributed by atoms with Crippen LogP contribution in [0, 0.1) is 18.3 Å². The molecule has 19 heavy (non-hydrogen) atoms. The lowest BCUT2D eigenvalue weighted by molar-refractivity contribution is 0.413. The van der Waals surface area contributed by atoms with Crippen molar-refractivity contribution in [2.24, 2.45) is 0 Å². The van der Waals surface area contributed by atoms with Gasteiger partial charge in [0, 0.05) is 18.1 Å². The SMILES string of the molecule is COc1ccc(CSc2ncc(C)cn2)cc1C#N. The van der Waals surface area contributed by atoms with E-state index in [2.05, 4.69) is 16.0 Å². The van der Waals surface area contributed by atoms with E-state index in [4.69, 9.17) is 10.00 Å². The molecule has 1 aromatic carbocycles. The number of hydrogen-bond donors (Lipinski definition) is 0. The molecule has 0 saturated carbocycles. The summed E-state index contributed by atoms with van der Waals surface area (Å²) in [6, 6.07) is 7.72. The Morgan fingerprint density at radius 1 is 1.32 bits per heavy atom. The number of benzene rings is 1. The van der Waals surface area contributed by atoms with Gasteiger partial charge in [0.15, 0.2) is 5.16 Å². The summed E-state index contributed by atoms with van der Waals surface area (Å²) in [7, 11) is 1.56. The number of ether oxygens (including phenoxy) is 1. The molecule has 1 heterocycles. The molecule has 0 N–H and O–H groups in total. The zero-order chi connectivity index (χ0) is 13.7. The van der Waals surface area contributed by atoms with E-state index >= 15 is 0 Å². The van der Waals surface area contributed by atoms with E-state index in [1.165, 1.54) is 0 Å². The highest BCUT2D eigenvalue weighted by molar-refractivity contribution is 7.98. The van der Waals surface area contributed by atoms with Crippen molar-refractivity contribution >= 4 is 11.8 Å². The fourth-order valence-corrected chi connectivity index (χ4v) is 2.27. The first-order valence-corrected chi connectivity index (χ1v) is 6.70. The third-order valence-corrected chi connectivity index (χ3v) is 3.46. The van der Waals surface area contributed by atoms with E-state index in [9.17, 15) is 0 Å². The fourth-order valence-electron chi connectivity index (χ4n) is 1.54. The largest absolute Gasteiger partial charge is 0.495 e. The van der Waals surface area contributed by atoms with Crippen molar-refractivity contribution < 1.29 is 4.74 Å². The van der Waals surface area contributed by atoms with Crippen LogP contribution in [0.15, 0.2) is 35.7 Å². The molecule has 0 unspecified atom stereocenters. The number of nitriles is 1. The Morgan fingerprint density at radius 2 is 2.05 bits per heavy atom. The highest BCUT2D eigenvalue weighted by Gasteiger charge is 2.05. The van der Waals surface area contributed by atoms with Gasteiger partial charge in [-0.05, 0) is 30.2 Å². The van der Waals surface area contributed by atoms with Gasteiger partial charge in [-0.3, -0.25) is 0 Å². The monoisotopic (exact) mass is 271 g/mol. The molecule has 0 aliphatic carbocycles. The predicted octanol–water partition coefficient (Wildman–Crippen LogP) is 2.96. The van der Waals surface area contributed by atoms with Gasteiger partial charge in [-0.2, -0.15) is 5.26 Å². The van der Waals surface area contributed by atoms with E-state index in [0.717, 1.165) is 22.0 Å². The number of aromatic nitrogens is 2. The van der Waals surface area contributed by atoms with Crippen molar-refractivity contribution in [1.82, 2.24) is 9.97 Å². The second-order valence-corrected chi connectivity index (χ2v) is 4.92. The summed E-state index contributed by atoms with van der Waals surface area (Å²) < 4.78 is 5.11. The van der Waals surface area contributed by atoms with Gasteiger partial charge in [-0.1, -0.05) is 17.8 Å². The lowest BCUT2D eigenvalue weighted by Crippen LogP contribution is -1.91. The maximum atomic E-state index is 9.03. The Bertz CT molecular complexity index is 605. The second kappa shape index (κ2) is 6.21. The van der Waals surface area contributed by atoms with Crippen molar-refractivity contribution in [3.63, 3.8) is 0 Å². The lowest BCUT2D eigenvalue weighted by atomic mass is 10.1. The van der Waals surface area contributed by atoms with Gasteiger partial charge in [0.1, 0.15) is 11.8 Å². The molecule has 2 aromatic rings. The van der Waals surface area contributed by atoms with Crippen LogP contribution in [-0.2, 0) is 5.75 Å². The van der Waals surface area contributed by atoms with Gasteiger partial charge in [0.2, 0.25) is 0 Å². The standard InChI is InChI=1S/C14H13N3OS/c1-10-7-16-14(17-8-10)19-9-11-3-4-13(18-2)12(5-11)6-15/h3-5,7-8H,9H2,1-2H3. The highest BCUT2D eigenvalue weighted by atomic mass is 32.2. The molecule has 4 nitrogen and oxygen atoms in total. The van der Waals surface area contributed by atoms with E-state index in [1.807, 2.05) is 25.1 Å².